The van der Waals surface area contributed by atoms with Crippen LogP contribution < -0.4 is 4.74 Å². The van der Waals surface area contributed by atoms with E-state index in [1.165, 1.54) is 32.1 Å². The van der Waals surface area contributed by atoms with E-state index >= 15 is 0 Å². The van der Waals surface area contributed by atoms with Crippen molar-refractivity contribution in [2.24, 2.45) is 0 Å². The molecule has 1 aromatic carbocycles. The van der Waals surface area contributed by atoms with E-state index in [9.17, 15) is 9.90 Å². The standard InChI is InChI=1S/C24H40O3/c1-8-9-10-11-12-13-14-15-21(25)27-18-16-19(23(2,3)4)22(26)20(17-18)24(5,6)7/h16-17,26H,8-15H2,1-7H3. The summed E-state index contributed by atoms with van der Waals surface area (Å²) in [6.45, 7) is 14.5. The second-order valence-corrected chi connectivity index (χ2v) is 9.71. The number of ether oxygens (including phenoxy) is 1. The number of aromatic hydroxyl groups is 1. The van der Waals surface area contributed by atoms with Gasteiger partial charge in [-0.05, 0) is 29.4 Å². The van der Waals surface area contributed by atoms with Crippen LogP contribution in [0.2, 0.25) is 0 Å². The van der Waals surface area contributed by atoms with Crippen LogP contribution in [-0.4, -0.2) is 11.1 Å². The average Bonchev–Trinajstić information content (AvgIpc) is 2.53. The molecule has 0 aliphatic heterocycles. The third-order valence-electron chi connectivity index (χ3n) is 4.92. The molecule has 0 amide bonds. The molecule has 0 aromatic heterocycles. The first kappa shape index (κ1) is 23.5. The van der Waals surface area contributed by atoms with E-state index in [0.29, 0.717) is 17.9 Å². The van der Waals surface area contributed by atoms with Gasteiger partial charge in [-0.25, -0.2) is 0 Å². The van der Waals surface area contributed by atoms with Crippen molar-refractivity contribution in [1.82, 2.24) is 0 Å². The SMILES string of the molecule is CCCCCCCCCC(=O)Oc1cc(C(C)(C)C)c(O)c(C(C)(C)C)c1. The Morgan fingerprint density at radius 3 is 1.74 bits per heavy atom. The van der Waals surface area contributed by atoms with Gasteiger partial charge in [0.15, 0.2) is 0 Å². The average molecular weight is 377 g/mol. The van der Waals surface area contributed by atoms with Crippen LogP contribution in [0.4, 0.5) is 0 Å². The second-order valence-electron chi connectivity index (χ2n) is 9.71. The molecule has 0 saturated carbocycles. The van der Waals surface area contributed by atoms with Crippen LogP contribution in [0.1, 0.15) is 111 Å². The first-order chi connectivity index (χ1) is 12.5. The van der Waals surface area contributed by atoms with E-state index in [2.05, 4.69) is 48.5 Å². The van der Waals surface area contributed by atoms with Gasteiger partial charge in [0.25, 0.3) is 0 Å². The molecule has 0 radical (unpaired) electrons. The second kappa shape index (κ2) is 10.1. The highest BCUT2D eigenvalue weighted by molar-refractivity contribution is 5.72. The Morgan fingerprint density at radius 2 is 1.30 bits per heavy atom. The van der Waals surface area contributed by atoms with Gasteiger partial charge < -0.3 is 9.84 Å². The molecule has 0 aliphatic rings. The summed E-state index contributed by atoms with van der Waals surface area (Å²) in [4.78, 5) is 12.3. The Labute approximate surface area is 166 Å². The molecule has 27 heavy (non-hydrogen) atoms. The molecule has 1 rings (SSSR count). The van der Waals surface area contributed by atoms with E-state index in [4.69, 9.17) is 4.74 Å². The van der Waals surface area contributed by atoms with Crippen LogP contribution >= 0.6 is 0 Å². The third-order valence-corrected chi connectivity index (χ3v) is 4.92. The van der Waals surface area contributed by atoms with E-state index < -0.39 is 0 Å². The highest BCUT2D eigenvalue weighted by Gasteiger charge is 2.27. The van der Waals surface area contributed by atoms with Crippen molar-refractivity contribution in [3.8, 4) is 11.5 Å². The predicted molar refractivity (Wildman–Crippen MR) is 114 cm³/mol. The zero-order valence-electron chi connectivity index (χ0n) is 18.6. The van der Waals surface area contributed by atoms with Gasteiger partial charge in [-0.2, -0.15) is 0 Å². The number of phenolic OH excluding ortho intramolecular Hbond substituents is 1. The van der Waals surface area contributed by atoms with Gasteiger partial charge in [0.05, 0.1) is 0 Å². The van der Waals surface area contributed by atoms with Crippen molar-refractivity contribution in [2.75, 3.05) is 0 Å². The number of esters is 1. The van der Waals surface area contributed by atoms with Crippen molar-refractivity contribution in [3.05, 3.63) is 23.3 Å². The van der Waals surface area contributed by atoms with Crippen molar-refractivity contribution >= 4 is 5.97 Å². The monoisotopic (exact) mass is 376 g/mol. The van der Waals surface area contributed by atoms with Crippen molar-refractivity contribution < 1.29 is 14.6 Å². The highest BCUT2D eigenvalue weighted by atomic mass is 16.5. The molecule has 3 heteroatoms. The fourth-order valence-corrected chi connectivity index (χ4v) is 3.22. The van der Waals surface area contributed by atoms with E-state index in [-0.39, 0.29) is 16.8 Å². The van der Waals surface area contributed by atoms with Crippen LogP contribution in [-0.2, 0) is 15.6 Å². The Morgan fingerprint density at radius 1 is 0.852 bits per heavy atom. The number of rotatable bonds is 9. The molecule has 0 spiro atoms. The predicted octanol–water partition coefficient (Wildman–Crippen LogP) is 7.03. The molecule has 0 atom stereocenters. The number of hydrogen-bond acceptors (Lipinski definition) is 3. The Kier molecular flexibility index (Phi) is 8.84. The van der Waals surface area contributed by atoms with Gasteiger partial charge in [0.2, 0.25) is 0 Å². The number of benzene rings is 1. The van der Waals surface area contributed by atoms with Crippen LogP contribution in [0.5, 0.6) is 11.5 Å². The maximum Gasteiger partial charge on any atom is 0.311 e. The maximum atomic E-state index is 12.3. The lowest BCUT2D eigenvalue weighted by Crippen LogP contribution is -2.18. The van der Waals surface area contributed by atoms with E-state index in [0.717, 1.165) is 24.0 Å². The minimum Gasteiger partial charge on any atom is -0.507 e. The first-order valence-corrected chi connectivity index (χ1v) is 10.6. The van der Waals surface area contributed by atoms with Crippen molar-refractivity contribution in [2.45, 2.75) is 111 Å². The van der Waals surface area contributed by atoms with E-state index in [1.807, 2.05) is 12.1 Å². The maximum absolute atomic E-state index is 12.3. The molecule has 1 aromatic rings. The molecule has 1 N–H and O–H groups in total. The van der Waals surface area contributed by atoms with Crippen LogP contribution in [0.15, 0.2) is 12.1 Å². The Bertz CT molecular complexity index is 568. The lowest BCUT2D eigenvalue weighted by Gasteiger charge is -2.27. The molecule has 0 fully saturated rings. The first-order valence-electron chi connectivity index (χ1n) is 10.6. The number of unbranched alkanes of at least 4 members (excludes halogenated alkanes) is 6. The van der Waals surface area contributed by atoms with Gasteiger partial charge in [-0.3, -0.25) is 4.79 Å². The lowest BCUT2D eigenvalue weighted by molar-refractivity contribution is -0.134. The van der Waals surface area contributed by atoms with Crippen LogP contribution in [0, 0.1) is 0 Å². The highest BCUT2D eigenvalue weighted by Crippen LogP contribution is 2.41. The van der Waals surface area contributed by atoms with Crippen LogP contribution in [0.3, 0.4) is 0 Å². The van der Waals surface area contributed by atoms with Gasteiger partial charge in [-0.1, -0.05) is 87.0 Å². The number of phenols is 1. The molecule has 0 aliphatic carbocycles. The minimum atomic E-state index is -0.231. The van der Waals surface area contributed by atoms with E-state index in [1.54, 1.807) is 0 Å². The summed E-state index contributed by atoms with van der Waals surface area (Å²) in [7, 11) is 0. The number of hydrogen-bond donors (Lipinski definition) is 1. The van der Waals surface area contributed by atoms with Crippen molar-refractivity contribution in [1.29, 1.82) is 0 Å². The number of carbonyl (C=O) groups is 1. The topological polar surface area (TPSA) is 46.5 Å². The molecule has 0 bridgehead atoms. The summed E-state index contributed by atoms with van der Waals surface area (Å²) in [5, 5.41) is 10.7. The third kappa shape index (κ3) is 7.94. The Hall–Kier alpha value is -1.51. The molecular formula is C24H40O3. The van der Waals surface area contributed by atoms with Gasteiger partial charge in [0.1, 0.15) is 11.5 Å². The molecule has 0 heterocycles. The summed E-state index contributed by atoms with van der Waals surface area (Å²) in [6.07, 6.45) is 8.70. The van der Waals surface area contributed by atoms with Gasteiger partial charge >= 0.3 is 5.97 Å². The quantitative estimate of drug-likeness (QED) is 0.286. The summed E-state index contributed by atoms with van der Waals surface area (Å²) in [5.41, 5.74) is 1.16. The molecule has 3 nitrogen and oxygen atoms in total. The summed E-state index contributed by atoms with van der Waals surface area (Å²) < 4.78 is 5.64. The molecule has 154 valence electrons. The smallest absolute Gasteiger partial charge is 0.311 e. The minimum absolute atomic E-state index is 0.186. The fraction of sp³-hybridized carbons (Fsp3) is 0.708. The lowest BCUT2D eigenvalue weighted by atomic mass is 9.79. The van der Waals surface area contributed by atoms with Gasteiger partial charge in [0, 0.05) is 17.5 Å². The molecule has 0 saturated heterocycles. The zero-order chi connectivity index (χ0) is 20.7. The Balaban J connectivity index is 2.75. The molecular weight excluding hydrogens is 336 g/mol. The van der Waals surface area contributed by atoms with Gasteiger partial charge in [-0.15, -0.1) is 0 Å². The molecule has 0 unspecified atom stereocenters. The summed E-state index contributed by atoms with van der Waals surface area (Å²) in [6, 6.07) is 3.63. The summed E-state index contributed by atoms with van der Waals surface area (Å²) in [5.74, 6) is 0.659. The van der Waals surface area contributed by atoms with Crippen LogP contribution in [0.25, 0.3) is 0 Å². The summed E-state index contributed by atoms with van der Waals surface area (Å²) >= 11 is 0. The normalized spacial score (nSPS) is 12.3. The number of carbonyl (C=O) groups excluding carboxylic acids is 1. The fourth-order valence-electron chi connectivity index (χ4n) is 3.22. The van der Waals surface area contributed by atoms with Crippen molar-refractivity contribution in [3.63, 3.8) is 0 Å². The largest absolute Gasteiger partial charge is 0.507 e. The zero-order valence-corrected chi connectivity index (χ0v) is 18.6.